The molecule has 1 rings (SSSR count). The summed E-state index contributed by atoms with van der Waals surface area (Å²) in [5.41, 5.74) is 0. The summed E-state index contributed by atoms with van der Waals surface area (Å²) in [6.45, 7) is 1.44. The molecule has 0 aromatic carbocycles. The maximum atomic E-state index is 11.9. The van der Waals surface area contributed by atoms with Crippen molar-refractivity contribution in [3.05, 3.63) is 0 Å². The van der Waals surface area contributed by atoms with E-state index in [0.717, 1.165) is 25.9 Å². The highest BCUT2D eigenvalue weighted by Crippen LogP contribution is 2.08. The number of likely N-dealkylation sites (N-methyl/N-ethyl adjacent to an activating group) is 1. The second-order valence-corrected chi connectivity index (χ2v) is 6.05. The van der Waals surface area contributed by atoms with E-state index in [-0.39, 0.29) is 12.5 Å². The SMILES string of the molecule is CSCCC(NC(=O)N(C)CC(=O)N1CCCC1)C(=O)O. The number of likely N-dealkylation sites (tertiary alicyclic amines) is 1. The van der Waals surface area contributed by atoms with Gasteiger partial charge in [-0.25, -0.2) is 9.59 Å². The average molecular weight is 317 g/mol. The van der Waals surface area contributed by atoms with Crippen molar-refractivity contribution < 1.29 is 19.5 Å². The number of urea groups is 1. The number of nitrogens with zero attached hydrogens (tertiary/aromatic N) is 2. The molecule has 1 heterocycles. The molecule has 0 aromatic heterocycles. The normalized spacial score (nSPS) is 15.6. The molecule has 0 bridgehead atoms. The molecule has 1 atom stereocenters. The summed E-state index contributed by atoms with van der Waals surface area (Å²) in [6.07, 6.45) is 4.23. The Morgan fingerprint density at radius 1 is 1.33 bits per heavy atom. The van der Waals surface area contributed by atoms with Gasteiger partial charge in [0.15, 0.2) is 0 Å². The van der Waals surface area contributed by atoms with Crippen LogP contribution < -0.4 is 5.32 Å². The number of rotatable bonds is 7. The quantitative estimate of drug-likeness (QED) is 0.712. The molecule has 1 fully saturated rings. The molecule has 2 N–H and O–H groups in total. The van der Waals surface area contributed by atoms with Crippen LogP contribution in [0.1, 0.15) is 19.3 Å². The Kier molecular flexibility index (Phi) is 7.35. The van der Waals surface area contributed by atoms with Crippen molar-refractivity contribution >= 4 is 29.7 Å². The zero-order valence-corrected chi connectivity index (χ0v) is 13.3. The van der Waals surface area contributed by atoms with Crippen molar-refractivity contribution in [2.24, 2.45) is 0 Å². The van der Waals surface area contributed by atoms with E-state index in [0.29, 0.717) is 12.2 Å². The van der Waals surface area contributed by atoms with Gasteiger partial charge in [0.05, 0.1) is 0 Å². The van der Waals surface area contributed by atoms with Gasteiger partial charge in [0, 0.05) is 20.1 Å². The first-order chi connectivity index (χ1) is 9.95. The van der Waals surface area contributed by atoms with Gasteiger partial charge < -0.3 is 20.2 Å². The summed E-state index contributed by atoms with van der Waals surface area (Å²) in [5.74, 6) is -0.508. The Morgan fingerprint density at radius 2 is 1.95 bits per heavy atom. The van der Waals surface area contributed by atoms with E-state index in [2.05, 4.69) is 5.32 Å². The number of amides is 3. The van der Waals surface area contributed by atoms with Crippen LogP contribution in [0.2, 0.25) is 0 Å². The number of carbonyl (C=O) groups is 3. The molecular weight excluding hydrogens is 294 g/mol. The number of carbonyl (C=O) groups excluding carboxylic acids is 2. The third-order valence-electron chi connectivity index (χ3n) is 3.38. The molecule has 1 saturated heterocycles. The first kappa shape index (κ1) is 17.6. The highest BCUT2D eigenvalue weighted by Gasteiger charge is 2.24. The fraction of sp³-hybridized carbons (Fsp3) is 0.769. The van der Waals surface area contributed by atoms with Crippen molar-refractivity contribution in [2.45, 2.75) is 25.3 Å². The van der Waals surface area contributed by atoms with Crippen LogP contribution in [0.4, 0.5) is 4.79 Å². The molecule has 120 valence electrons. The lowest BCUT2D eigenvalue weighted by molar-refractivity contribution is -0.139. The summed E-state index contributed by atoms with van der Waals surface area (Å²) < 4.78 is 0. The van der Waals surface area contributed by atoms with Crippen LogP contribution in [0.15, 0.2) is 0 Å². The van der Waals surface area contributed by atoms with Crippen LogP contribution in [0, 0.1) is 0 Å². The standard InChI is InChI=1S/C13H23N3O4S/c1-15(9-11(17)16-6-3-4-7-16)13(20)14-10(12(18)19)5-8-21-2/h10H,3-9H2,1-2H3,(H,14,20)(H,18,19). The summed E-state index contributed by atoms with van der Waals surface area (Å²) >= 11 is 1.52. The fourth-order valence-electron chi connectivity index (χ4n) is 2.09. The van der Waals surface area contributed by atoms with Gasteiger partial charge in [-0.2, -0.15) is 11.8 Å². The van der Waals surface area contributed by atoms with E-state index < -0.39 is 18.0 Å². The number of hydrogen-bond donors (Lipinski definition) is 2. The predicted molar refractivity (Wildman–Crippen MR) is 81.4 cm³/mol. The molecule has 1 aliphatic rings. The molecular formula is C13H23N3O4S. The van der Waals surface area contributed by atoms with Gasteiger partial charge in [-0.3, -0.25) is 4.79 Å². The molecule has 0 spiro atoms. The summed E-state index contributed by atoms with van der Waals surface area (Å²) in [5, 5.41) is 11.5. The van der Waals surface area contributed by atoms with E-state index in [9.17, 15) is 14.4 Å². The Morgan fingerprint density at radius 3 is 2.48 bits per heavy atom. The molecule has 3 amide bonds. The first-order valence-electron chi connectivity index (χ1n) is 6.97. The molecule has 1 unspecified atom stereocenters. The first-order valence-corrected chi connectivity index (χ1v) is 8.36. The summed E-state index contributed by atoms with van der Waals surface area (Å²) in [6, 6.07) is -1.45. The van der Waals surface area contributed by atoms with Crippen LogP contribution in [0.3, 0.4) is 0 Å². The fourth-order valence-corrected chi connectivity index (χ4v) is 2.56. The van der Waals surface area contributed by atoms with E-state index >= 15 is 0 Å². The van der Waals surface area contributed by atoms with Crippen molar-refractivity contribution in [3.8, 4) is 0 Å². The average Bonchev–Trinajstić information content (AvgIpc) is 2.96. The Hall–Kier alpha value is -1.44. The number of aliphatic carboxylic acids is 1. The summed E-state index contributed by atoms with van der Waals surface area (Å²) in [4.78, 5) is 37.9. The van der Waals surface area contributed by atoms with Gasteiger partial charge >= 0.3 is 12.0 Å². The summed E-state index contributed by atoms with van der Waals surface area (Å²) in [7, 11) is 1.50. The van der Waals surface area contributed by atoms with Crippen molar-refractivity contribution in [2.75, 3.05) is 38.7 Å². The number of nitrogens with one attached hydrogen (secondary N) is 1. The highest BCUT2D eigenvalue weighted by atomic mass is 32.2. The molecule has 8 heteroatoms. The minimum atomic E-state index is -1.06. The lowest BCUT2D eigenvalue weighted by Gasteiger charge is -2.23. The Balaban J connectivity index is 2.44. The largest absolute Gasteiger partial charge is 0.480 e. The van der Waals surface area contributed by atoms with E-state index in [1.807, 2.05) is 6.26 Å². The molecule has 0 aromatic rings. The highest BCUT2D eigenvalue weighted by molar-refractivity contribution is 7.98. The second kappa shape index (κ2) is 8.76. The van der Waals surface area contributed by atoms with Crippen molar-refractivity contribution in [3.63, 3.8) is 0 Å². The Bertz CT molecular complexity index is 386. The van der Waals surface area contributed by atoms with Crippen molar-refractivity contribution in [1.29, 1.82) is 0 Å². The maximum absolute atomic E-state index is 11.9. The molecule has 7 nitrogen and oxygen atoms in total. The van der Waals surface area contributed by atoms with Crippen LogP contribution in [-0.4, -0.2) is 77.5 Å². The van der Waals surface area contributed by atoms with E-state index in [4.69, 9.17) is 5.11 Å². The predicted octanol–water partition coefficient (Wildman–Crippen LogP) is 0.457. The van der Waals surface area contributed by atoms with Crippen LogP contribution in [0.5, 0.6) is 0 Å². The van der Waals surface area contributed by atoms with Crippen LogP contribution in [-0.2, 0) is 9.59 Å². The second-order valence-electron chi connectivity index (χ2n) is 5.07. The van der Waals surface area contributed by atoms with E-state index in [1.165, 1.54) is 23.7 Å². The smallest absolute Gasteiger partial charge is 0.326 e. The third-order valence-corrected chi connectivity index (χ3v) is 4.03. The zero-order chi connectivity index (χ0) is 15.8. The molecule has 0 radical (unpaired) electrons. The van der Waals surface area contributed by atoms with Gasteiger partial charge in [0.1, 0.15) is 12.6 Å². The third kappa shape index (κ3) is 5.82. The van der Waals surface area contributed by atoms with Crippen LogP contribution >= 0.6 is 11.8 Å². The van der Waals surface area contributed by atoms with Crippen molar-refractivity contribution in [1.82, 2.24) is 15.1 Å². The minimum Gasteiger partial charge on any atom is -0.480 e. The number of hydrogen-bond acceptors (Lipinski definition) is 4. The van der Waals surface area contributed by atoms with Gasteiger partial charge in [-0.05, 0) is 31.3 Å². The monoisotopic (exact) mass is 317 g/mol. The van der Waals surface area contributed by atoms with Gasteiger partial charge in [0.2, 0.25) is 5.91 Å². The lowest BCUT2D eigenvalue weighted by Crippen LogP contribution is -2.49. The minimum absolute atomic E-state index is 0.0271. The van der Waals surface area contributed by atoms with Gasteiger partial charge in [0.25, 0.3) is 0 Å². The number of carboxylic acid groups (broad SMARTS) is 1. The van der Waals surface area contributed by atoms with E-state index in [1.54, 1.807) is 4.90 Å². The zero-order valence-electron chi connectivity index (χ0n) is 12.5. The number of carboxylic acids is 1. The van der Waals surface area contributed by atoms with Crippen LogP contribution in [0.25, 0.3) is 0 Å². The Labute approximate surface area is 129 Å². The molecule has 21 heavy (non-hydrogen) atoms. The number of thioether (sulfide) groups is 1. The van der Waals surface area contributed by atoms with Gasteiger partial charge in [-0.1, -0.05) is 0 Å². The maximum Gasteiger partial charge on any atom is 0.326 e. The molecule has 0 saturated carbocycles. The van der Waals surface area contributed by atoms with Gasteiger partial charge in [-0.15, -0.1) is 0 Å². The molecule has 0 aliphatic carbocycles. The molecule has 1 aliphatic heterocycles. The lowest BCUT2D eigenvalue weighted by atomic mass is 10.2. The topological polar surface area (TPSA) is 90.0 Å².